The van der Waals surface area contributed by atoms with E-state index in [0.29, 0.717) is 17.1 Å². The molecule has 0 spiro atoms. The summed E-state index contributed by atoms with van der Waals surface area (Å²) in [5, 5.41) is 36.8. The van der Waals surface area contributed by atoms with Gasteiger partial charge in [0, 0.05) is 5.56 Å². The first-order valence-electron chi connectivity index (χ1n) is 10.2. The minimum atomic E-state index is -0.900. The number of anilines is 3. The van der Waals surface area contributed by atoms with Crippen molar-refractivity contribution in [2.45, 2.75) is 0 Å². The van der Waals surface area contributed by atoms with Crippen LogP contribution in [0.3, 0.4) is 0 Å². The number of nitrogens with one attached hydrogen (secondary N) is 1. The molecular weight excluding hydrogens is 454 g/mol. The zero-order chi connectivity index (χ0) is 24.9. The standard InChI is InChI=1S/C24H17N5O6/c30-27(31)19-15-22(28(32)33)24(23(16-19)29(34)35)20-13-7-8-14-21(20)26(18-11-5-2-6-12-18)25-17-9-3-1-4-10-17/h1-16,25H. The van der Waals surface area contributed by atoms with Gasteiger partial charge in [0.05, 0.1) is 44.0 Å². The third-order valence-electron chi connectivity index (χ3n) is 5.13. The van der Waals surface area contributed by atoms with E-state index < -0.39 is 31.8 Å². The van der Waals surface area contributed by atoms with Crippen molar-refractivity contribution in [2.24, 2.45) is 0 Å². The molecule has 0 heterocycles. The van der Waals surface area contributed by atoms with E-state index >= 15 is 0 Å². The summed E-state index contributed by atoms with van der Waals surface area (Å²) in [6.07, 6.45) is 0. The van der Waals surface area contributed by atoms with Crippen molar-refractivity contribution in [3.63, 3.8) is 0 Å². The summed E-state index contributed by atoms with van der Waals surface area (Å²) in [4.78, 5) is 32.5. The van der Waals surface area contributed by atoms with Crippen molar-refractivity contribution in [1.29, 1.82) is 0 Å². The molecule has 1 N–H and O–H groups in total. The van der Waals surface area contributed by atoms with E-state index in [1.54, 1.807) is 47.5 Å². The molecule has 174 valence electrons. The maximum atomic E-state index is 11.9. The fourth-order valence-electron chi connectivity index (χ4n) is 3.63. The summed E-state index contributed by atoms with van der Waals surface area (Å²) < 4.78 is 0. The van der Waals surface area contributed by atoms with Crippen LogP contribution in [0.2, 0.25) is 0 Å². The van der Waals surface area contributed by atoms with Crippen molar-refractivity contribution in [2.75, 3.05) is 10.4 Å². The van der Waals surface area contributed by atoms with Gasteiger partial charge in [-0.3, -0.25) is 40.8 Å². The second-order valence-corrected chi connectivity index (χ2v) is 7.30. The van der Waals surface area contributed by atoms with E-state index in [0.717, 1.165) is 12.1 Å². The molecule has 4 rings (SSSR count). The van der Waals surface area contributed by atoms with Gasteiger partial charge < -0.3 is 0 Å². The molecule has 0 aliphatic carbocycles. The van der Waals surface area contributed by atoms with Gasteiger partial charge in [-0.15, -0.1) is 0 Å². The van der Waals surface area contributed by atoms with Gasteiger partial charge in [0.1, 0.15) is 5.56 Å². The zero-order valence-electron chi connectivity index (χ0n) is 18.0. The molecule has 0 amide bonds. The number of rotatable bonds is 8. The predicted molar refractivity (Wildman–Crippen MR) is 130 cm³/mol. The average molecular weight is 471 g/mol. The Labute approximate surface area is 198 Å². The highest BCUT2D eigenvalue weighted by Gasteiger charge is 2.33. The number of nitro groups is 3. The molecule has 0 radical (unpaired) electrons. The fraction of sp³-hybridized carbons (Fsp3) is 0. The van der Waals surface area contributed by atoms with Crippen LogP contribution < -0.4 is 10.4 Å². The second kappa shape index (κ2) is 9.67. The second-order valence-electron chi connectivity index (χ2n) is 7.30. The summed E-state index contributed by atoms with van der Waals surface area (Å²) in [6, 6.07) is 26.0. The first kappa shape index (κ1) is 22.9. The van der Waals surface area contributed by atoms with Crippen LogP contribution in [-0.4, -0.2) is 14.8 Å². The SMILES string of the molecule is O=[N+]([O-])c1cc([N+](=O)[O-])c(-c2ccccc2N(Nc2ccccc2)c2ccccc2)c([N+](=O)[O-])c1. The number of benzene rings is 4. The van der Waals surface area contributed by atoms with Crippen LogP contribution in [0.1, 0.15) is 0 Å². The quantitative estimate of drug-likeness (QED) is 0.235. The molecule has 0 saturated heterocycles. The molecule has 11 nitrogen and oxygen atoms in total. The Kier molecular flexibility index (Phi) is 6.31. The number of non-ortho nitro benzene ring substituents is 1. The lowest BCUT2D eigenvalue weighted by Gasteiger charge is -2.28. The Morgan fingerprint density at radius 3 is 1.69 bits per heavy atom. The Morgan fingerprint density at radius 2 is 1.14 bits per heavy atom. The number of nitrogens with zero attached hydrogens (tertiary/aromatic N) is 4. The van der Waals surface area contributed by atoms with Crippen LogP contribution in [0, 0.1) is 30.3 Å². The lowest BCUT2D eigenvalue weighted by molar-refractivity contribution is -0.402. The molecule has 0 fully saturated rings. The van der Waals surface area contributed by atoms with E-state index in [-0.39, 0.29) is 11.1 Å². The Morgan fingerprint density at radius 1 is 0.629 bits per heavy atom. The van der Waals surface area contributed by atoms with Crippen LogP contribution in [0.25, 0.3) is 11.1 Å². The van der Waals surface area contributed by atoms with Gasteiger partial charge in [-0.1, -0.05) is 54.6 Å². The number of hydrazine groups is 1. The molecule has 0 aliphatic rings. The molecule has 35 heavy (non-hydrogen) atoms. The zero-order valence-corrected chi connectivity index (χ0v) is 18.0. The number of hydrogen-bond donors (Lipinski definition) is 1. The smallest absolute Gasteiger partial charge is 0.291 e. The van der Waals surface area contributed by atoms with Crippen LogP contribution in [-0.2, 0) is 0 Å². The van der Waals surface area contributed by atoms with Gasteiger partial charge in [0.15, 0.2) is 0 Å². The Bertz CT molecular complexity index is 1380. The van der Waals surface area contributed by atoms with Crippen molar-refractivity contribution in [1.82, 2.24) is 0 Å². The van der Waals surface area contributed by atoms with E-state index in [4.69, 9.17) is 0 Å². The normalized spacial score (nSPS) is 10.4. The van der Waals surface area contributed by atoms with E-state index in [2.05, 4.69) is 5.43 Å². The van der Waals surface area contributed by atoms with Crippen LogP contribution in [0.15, 0.2) is 97.1 Å². The highest BCUT2D eigenvalue weighted by atomic mass is 16.6. The summed E-state index contributed by atoms with van der Waals surface area (Å²) in [7, 11) is 0. The molecule has 0 aliphatic heterocycles. The van der Waals surface area contributed by atoms with Gasteiger partial charge in [-0.2, -0.15) is 0 Å². The molecule has 0 unspecified atom stereocenters. The number of hydrogen-bond acceptors (Lipinski definition) is 8. The molecule has 0 aromatic heterocycles. The monoisotopic (exact) mass is 471 g/mol. The molecule has 4 aromatic rings. The minimum absolute atomic E-state index is 0.146. The lowest BCUT2D eigenvalue weighted by atomic mass is 9.98. The van der Waals surface area contributed by atoms with Gasteiger partial charge >= 0.3 is 0 Å². The van der Waals surface area contributed by atoms with E-state index in [9.17, 15) is 30.3 Å². The minimum Gasteiger partial charge on any atom is -0.294 e. The molecule has 0 bridgehead atoms. The van der Waals surface area contributed by atoms with Crippen LogP contribution in [0.4, 0.5) is 34.1 Å². The summed E-state index contributed by atoms with van der Waals surface area (Å²) >= 11 is 0. The van der Waals surface area contributed by atoms with Gasteiger partial charge in [-0.05, 0) is 30.3 Å². The molecule has 4 aromatic carbocycles. The van der Waals surface area contributed by atoms with E-state index in [1.807, 2.05) is 36.4 Å². The molecule has 0 saturated carbocycles. The van der Waals surface area contributed by atoms with E-state index in [1.165, 1.54) is 6.07 Å². The Balaban J connectivity index is 2.00. The van der Waals surface area contributed by atoms with Crippen molar-refractivity contribution in [3.8, 4) is 11.1 Å². The summed E-state index contributed by atoms with van der Waals surface area (Å²) in [5.41, 5.74) is 2.52. The third kappa shape index (κ3) is 4.73. The van der Waals surface area contributed by atoms with Crippen molar-refractivity contribution in [3.05, 3.63) is 127 Å². The topological polar surface area (TPSA) is 145 Å². The fourth-order valence-corrected chi connectivity index (χ4v) is 3.63. The average Bonchev–Trinajstić information content (AvgIpc) is 2.87. The maximum Gasteiger partial charge on any atom is 0.291 e. The molecule has 0 atom stereocenters. The number of para-hydroxylation sites is 3. The third-order valence-corrected chi connectivity index (χ3v) is 5.13. The maximum absolute atomic E-state index is 11.9. The first-order chi connectivity index (χ1) is 16.9. The lowest BCUT2D eigenvalue weighted by Crippen LogP contribution is -2.25. The highest BCUT2D eigenvalue weighted by molar-refractivity contribution is 5.93. The van der Waals surface area contributed by atoms with Crippen LogP contribution >= 0.6 is 0 Å². The van der Waals surface area contributed by atoms with Crippen molar-refractivity contribution >= 4 is 34.1 Å². The highest BCUT2D eigenvalue weighted by Crippen LogP contribution is 2.45. The van der Waals surface area contributed by atoms with Crippen molar-refractivity contribution < 1.29 is 14.8 Å². The predicted octanol–water partition coefficient (Wildman–Crippen LogP) is 6.24. The van der Waals surface area contributed by atoms with Gasteiger partial charge in [0.2, 0.25) is 0 Å². The molecule has 11 heteroatoms. The number of nitro benzene ring substituents is 3. The van der Waals surface area contributed by atoms with Crippen LogP contribution in [0.5, 0.6) is 0 Å². The summed E-state index contributed by atoms with van der Waals surface area (Å²) in [5.74, 6) is 0. The Hall–Kier alpha value is -5.32. The first-order valence-corrected chi connectivity index (χ1v) is 10.2. The van der Waals surface area contributed by atoms with Gasteiger partial charge in [0.25, 0.3) is 17.1 Å². The summed E-state index contributed by atoms with van der Waals surface area (Å²) in [6.45, 7) is 0. The molecular formula is C24H17N5O6. The largest absolute Gasteiger partial charge is 0.294 e. The van der Waals surface area contributed by atoms with Gasteiger partial charge in [-0.25, -0.2) is 0 Å².